The van der Waals surface area contributed by atoms with Crippen LogP contribution in [0.2, 0.25) is 0 Å². The van der Waals surface area contributed by atoms with E-state index < -0.39 is 6.10 Å². The van der Waals surface area contributed by atoms with Gasteiger partial charge >= 0.3 is 0 Å². The van der Waals surface area contributed by atoms with E-state index in [9.17, 15) is 5.11 Å². The lowest BCUT2D eigenvalue weighted by Gasteiger charge is -2.29. The molecule has 1 aliphatic heterocycles. The van der Waals surface area contributed by atoms with Crippen LogP contribution in [0, 0.1) is 0 Å². The highest BCUT2D eigenvalue weighted by Crippen LogP contribution is 2.31. The van der Waals surface area contributed by atoms with Crippen molar-refractivity contribution in [1.29, 1.82) is 0 Å². The first-order valence-corrected chi connectivity index (χ1v) is 4.86. The number of methoxy groups -OCH3 is 1. The molecule has 1 aromatic rings. The quantitative estimate of drug-likeness (QED) is 0.803. The van der Waals surface area contributed by atoms with E-state index in [-0.39, 0.29) is 12.7 Å². The van der Waals surface area contributed by atoms with Crippen LogP contribution < -0.4 is 9.47 Å². The number of fused-ring (bicyclic) bond motifs is 1. The second-order valence-electron chi connectivity index (χ2n) is 3.44. The van der Waals surface area contributed by atoms with Crippen molar-refractivity contribution in [2.45, 2.75) is 12.2 Å². The largest absolute Gasteiger partial charge is 0.486 e. The van der Waals surface area contributed by atoms with E-state index in [1.807, 2.05) is 24.3 Å². The van der Waals surface area contributed by atoms with Gasteiger partial charge in [-0.05, 0) is 12.1 Å². The Bertz CT molecular complexity index is 326. The average Bonchev–Trinajstić information content (AvgIpc) is 2.29. The van der Waals surface area contributed by atoms with Crippen molar-refractivity contribution >= 4 is 0 Å². The van der Waals surface area contributed by atoms with E-state index in [4.69, 9.17) is 14.2 Å². The van der Waals surface area contributed by atoms with E-state index in [0.717, 1.165) is 5.75 Å². The molecule has 0 aromatic heterocycles. The van der Waals surface area contributed by atoms with Crippen LogP contribution in [0.15, 0.2) is 24.3 Å². The lowest BCUT2D eigenvalue weighted by atomic mass is 10.2. The second-order valence-corrected chi connectivity index (χ2v) is 3.44. The number of hydrogen-bond donors (Lipinski definition) is 1. The van der Waals surface area contributed by atoms with Gasteiger partial charge in [-0.15, -0.1) is 0 Å². The molecular weight excluding hydrogens is 196 g/mol. The lowest BCUT2D eigenvalue weighted by Crippen LogP contribution is -2.41. The molecule has 0 amide bonds. The Hall–Kier alpha value is -1.26. The first-order valence-electron chi connectivity index (χ1n) is 4.86. The first kappa shape index (κ1) is 10.3. The Morgan fingerprint density at radius 1 is 1.47 bits per heavy atom. The zero-order valence-corrected chi connectivity index (χ0v) is 8.55. The molecule has 2 atom stereocenters. The summed E-state index contributed by atoms with van der Waals surface area (Å²) >= 11 is 0. The Morgan fingerprint density at radius 2 is 2.20 bits per heavy atom. The fourth-order valence-electron chi connectivity index (χ4n) is 1.50. The molecule has 15 heavy (non-hydrogen) atoms. The molecule has 0 saturated carbocycles. The Kier molecular flexibility index (Phi) is 3.08. The summed E-state index contributed by atoms with van der Waals surface area (Å²) in [6, 6.07) is 7.41. The van der Waals surface area contributed by atoms with Gasteiger partial charge in [0.15, 0.2) is 17.6 Å². The minimum atomic E-state index is -0.664. The van der Waals surface area contributed by atoms with Gasteiger partial charge in [0, 0.05) is 7.11 Å². The normalized spacial score (nSPS) is 21.1. The van der Waals surface area contributed by atoms with Crippen molar-refractivity contribution in [3.05, 3.63) is 24.3 Å². The standard InChI is InChI=1S/C11H14O4/c1-13-6-8(12)11-7-14-9-4-2-3-5-10(9)15-11/h2-5,8,11-12H,6-7H2,1H3. The van der Waals surface area contributed by atoms with Gasteiger partial charge in [0.05, 0.1) is 6.61 Å². The lowest BCUT2D eigenvalue weighted by molar-refractivity contribution is -0.0435. The van der Waals surface area contributed by atoms with E-state index in [2.05, 4.69) is 0 Å². The molecule has 0 fully saturated rings. The molecule has 4 heteroatoms. The van der Waals surface area contributed by atoms with Crippen LogP contribution in [0.4, 0.5) is 0 Å². The van der Waals surface area contributed by atoms with Gasteiger partial charge in [-0.2, -0.15) is 0 Å². The van der Waals surface area contributed by atoms with E-state index in [0.29, 0.717) is 12.4 Å². The van der Waals surface area contributed by atoms with E-state index >= 15 is 0 Å². The molecule has 4 nitrogen and oxygen atoms in total. The van der Waals surface area contributed by atoms with Gasteiger partial charge in [-0.1, -0.05) is 12.1 Å². The van der Waals surface area contributed by atoms with Crippen molar-refractivity contribution in [1.82, 2.24) is 0 Å². The number of aliphatic hydroxyl groups excluding tert-OH is 1. The van der Waals surface area contributed by atoms with Gasteiger partial charge in [0.25, 0.3) is 0 Å². The number of ether oxygens (including phenoxy) is 3. The molecule has 82 valence electrons. The third kappa shape index (κ3) is 2.22. The summed E-state index contributed by atoms with van der Waals surface area (Å²) in [6.07, 6.45) is -1.02. The highest BCUT2D eigenvalue weighted by molar-refractivity contribution is 5.40. The van der Waals surface area contributed by atoms with Crippen LogP contribution in [0.25, 0.3) is 0 Å². The molecule has 0 radical (unpaired) electrons. The molecule has 0 aliphatic carbocycles. The fraction of sp³-hybridized carbons (Fsp3) is 0.455. The molecular formula is C11H14O4. The van der Waals surface area contributed by atoms with Crippen LogP contribution in [0.1, 0.15) is 0 Å². The second kappa shape index (κ2) is 4.51. The molecule has 0 spiro atoms. The van der Waals surface area contributed by atoms with Gasteiger partial charge in [0.2, 0.25) is 0 Å². The van der Waals surface area contributed by atoms with Crippen LogP contribution >= 0.6 is 0 Å². The Balaban J connectivity index is 2.05. The predicted octanol–water partition coefficient (Wildman–Crippen LogP) is 0.834. The summed E-state index contributed by atoms with van der Waals surface area (Å²) in [4.78, 5) is 0. The summed E-state index contributed by atoms with van der Waals surface area (Å²) < 4.78 is 15.9. The summed E-state index contributed by atoms with van der Waals surface area (Å²) in [5.74, 6) is 1.39. The van der Waals surface area contributed by atoms with Crippen molar-refractivity contribution in [3.8, 4) is 11.5 Å². The predicted molar refractivity (Wildman–Crippen MR) is 54.2 cm³/mol. The SMILES string of the molecule is COCC(O)C1COc2ccccc2O1. The Labute approximate surface area is 88.4 Å². The minimum Gasteiger partial charge on any atom is -0.486 e. The van der Waals surface area contributed by atoms with Gasteiger partial charge in [-0.3, -0.25) is 0 Å². The average molecular weight is 210 g/mol. The Morgan fingerprint density at radius 3 is 2.93 bits per heavy atom. The van der Waals surface area contributed by atoms with Crippen LogP contribution in [-0.4, -0.2) is 37.6 Å². The van der Waals surface area contributed by atoms with Gasteiger partial charge in [0.1, 0.15) is 12.7 Å². The molecule has 1 heterocycles. The third-order valence-corrected chi connectivity index (χ3v) is 2.30. The minimum absolute atomic E-state index is 0.246. The highest BCUT2D eigenvalue weighted by atomic mass is 16.6. The number of hydrogen-bond acceptors (Lipinski definition) is 4. The molecule has 1 aliphatic rings. The highest BCUT2D eigenvalue weighted by Gasteiger charge is 2.27. The zero-order valence-electron chi connectivity index (χ0n) is 8.55. The summed E-state index contributed by atoms with van der Waals surface area (Å²) in [5.41, 5.74) is 0. The fourth-order valence-corrected chi connectivity index (χ4v) is 1.50. The van der Waals surface area contributed by atoms with Crippen molar-refractivity contribution < 1.29 is 19.3 Å². The number of rotatable bonds is 3. The number of aliphatic hydroxyl groups is 1. The van der Waals surface area contributed by atoms with Crippen molar-refractivity contribution in [3.63, 3.8) is 0 Å². The van der Waals surface area contributed by atoms with Crippen LogP contribution in [-0.2, 0) is 4.74 Å². The maximum absolute atomic E-state index is 9.67. The summed E-state index contributed by atoms with van der Waals surface area (Å²) in [6.45, 7) is 0.595. The summed E-state index contributed by atoms with van der Waals surface area (Å²) in [5, 5.41) is 9.67. The molecule has 0 saturated heterocycles. The molecule has 0 bridgehead atoms. The maximum atomic E-state index is 9.67. The summed E-state index contributed by atoms with van der Waals surface area (Å²) in [7, 11) is 1.54. The molecule has 2 unspecified atom stereocenters. The van der Waals surface area contributed by atoms with E-state index in [1.54, 1.807) is 7.11 Å². The zero-order chi connectivity index (χ0) is 10.7. The number of para-hydroxylation sites is 2. The van der Waals surface area contributed by atoms with Crippen LogP contribution in [0.5, 0.6) is 11.5 Å². The molecule has 1 N–H and O–H groups in total. The maximum Gasteiger partial charge on any atom is 0.161 e. The van der Waals surface area contributed by atoms with Gasteiger partial charge < -0.3 is 19.3 Å². The van der Waals surface area contributed by atoms with Crippen LogP contribution in [0.3, 0.4) is 0 Å². The molecule has 1 aromatic carbocycles. The van der Waals surface area contributed by atoms with Gasteiger partial charge in [-0.25, -0.2) is 0 Å². The van der Waals surface area contributed by atoms with E-state index in [1.165, 1.54) is 0 Å². The topological polar surface area (TPSA) is 47.9 Å². The number of benzene rings is 1. The van der Waals surface area contributed by atoms with Crippen molar-refractivity contribution in [2.24, 2.45) is 0 Å². The smallest absolute Gasteiger partial charge is 0.161 e. The monoisotopic (exact) mass is 210 g/mol. The molecule has 2 rings (SSSR count). The first-order chi connectivity index (χ1) is 7.31. The van der Waals surface area contributed by atoms with Crippen molar-refractivity contribution in [2.75, 3.05) is 20.3 Å². The third-order valence-electron chi connectivity index (χ3n) is 2.30.